The van der Waals surface area contributed by atoms with Gasteiger partial charge in [-0.25, -0.2) is 4.98 Å². The fraction of sp³-hybridized carbons (Fsp3) is 0.769. The molecule has 0 aromatic carbocycles. The first-order chi connectivity index (χ1) is 8.19. The molecule has 1 saturated heterocycles. The SMILES string of the molecule is CCN1CCCC(Cc2nc(C(C)N)co2)C1. The highest BCUT2D eigenvalue weighted by molar-refractivity contribution is 5.01. The van der Waals surface area contributed by atoms with Crippen molar-refractivity contribution < 1.29 is 4.42 Å². The van der Waals surface area contributed by atoms with Crippen LogP contribution >= 0.6 is 0 Å². The molecule has 1 aliphatic rings. The molecule has 96 valence electrons. The Kier molecular flexibility index (Phi) is 4.18. The van der Waals surface area contributed by atoms with Crippen LogP contribution in [-0.4, -0.2) is 29.5 Å². The maximum atomic E-state index is 5.77. The molecule has 2 heterocycles. The molecule has 1 fully saturated rings. The highest BCUT2D eigenvalue weighted by Gasteiger charge is 2.21. The van der Waals surface area contributed by atoms with E-state index in [0.717, 1.165) is 24.6 Å². The Morgan fingerprint density at radius 1 is 1.65 bits per heavy atom. The predicted octanol–water partition coefficient (Wildman–Crippen LogP) is 1.97. The van der Waals surface area contributed by atoms with E-state index >= 15 is 0 Å². The van der Waals surface area contributed by atoms with E-state index in [1.54, 1.807) is 6.26 Å². The van der Waals surface area contributed by atoms with Crippen molar-refractivity contribution in [3.8, 4) is 0 Å². The number of oxazole rings is 1. The van der Waals surface area contributed by atoms with E-state index < -0.39 is 0 Å². The lowest BCUT2D eigenvalue weighted by Crippen LogP contribution is -2.35. The first-order valence-electron chi connectivity index (χ1n) is 6.61. The zero-order valence-corrected chi connectivity index (χ0v) is 10.9. The van der Waals surface area contributed by atoms with Crippen LogP contribution in [0.3, 0.4) is 0 Å². The second kappa shape index (κ2) is 5.65. The molecule has 2 atom stereocenters. The standard InChI is InChI=1S/C13H23N3O/c1-3-16-6-4-5-11(8-16)7-13-15-12(9-17-13)10(2)14/h9-11H,3-8,14H2,1-2H3. The Morgan fingerprint density at radius 3 is 3.12 bits per heavy atom. The van der Waals surface area contributed by atoms with E-state index in [0.29, 0.717) is 5.92 Å². The molecule has 1 aromatic rings. The monoisotopic (exact) mass is 237 g/mol. The van der Waals surface area contributed by atoms with Gasteiger partial charge in [0.25, 0.3) is 0 Å². The van der Waals surface area contributed by atoms with Crippen LogP contribution < -0.4 is 5.73 Å². The van der Waals surface area contributed by atoms with Gasteiger partial charge in [0.05, 0.1) is 5.69 Å². The number of nitrogens with zero attached hydrogens (tertiary/aromatic N) is 2. The molecule has 0 aliphatic carbocycles. The number of piperidine rings is 1. The number of hydrogen-bond acceptors (Lipinski definition) is 4. The second-order valence-corrected chi connectivity index (χ2v) is 5.06. The smallest absolute Gasteiger partial charge is 0.194 e. The van der Waals surface area contributed by atoms with Gasteiger partial charge in [-0.2, -0.15) is 0 Å². The van der Waals surface area contributed by atoms with Gasteiger partial charge in [-0.15, -0.1) is 0 Å². The fourth-order valence-electron chi connectivity index (χ4n) is 2.48. The van der Waals surface area contributed by atoms with Gasteiger partial charge in [-0.1, -0.05) is 6.92 Å². The molecule has 1 aromatic heterocycles. The van der Waals surface area contributed by atoms with Crippen LogP contribution in [0.4, 0.5) is 0 Å². The Bertz CT molecular complexity index is 348. The van der Waals surface area contributed by atoms with Crippen molar-refractivity contribution in [1.29, 1.82) is 0 Å². The molecule has 17 heavy (non-hydrogen) atoms. The normalized spacial score (nSPS) is 23.8. The van der Waals surface area contributed by atoms with Crippen molar-refractivity contribution in [2.75, 3.05) is 19.6 Å². The topological polar surface area (TPSA) is 55.3 Å². The molecule has 2 rings (SSSR count). The van der Waals surface area contributed by atoms with Crippen molar-refractivity contribution in [3.63, 3.8) is 0 Å². The summed E-state index contributed by atoms with van der Waals surface area (Å²) < 4.78 is 5.49. The number of aromatic nitrogens is 1. The Balaban J connectivity index is 1.91. The number of rotatable bonds is 4. The Hall–Kier alpha value is -0.870. The van der Waals surface area contributed by atoms with Gasteiger partial charge in [-0.05, 0) is 38.8 Å². The van der Waals surface area contributed by atoms with E-state index in [1.807, 2.05) is 6.92 Å². The lowest BCUT2D eigenvalue weighted by molar-refractivity contribution is 0.176. The number of likely N-dealkylation sites (tertiary alicyclic amines) is 1. The van der Waals surface area contributed by atoms with Gasteiger partial charge >= 0.3 is 0 Å². The molecule has 2 N–H and O–H groups in total. The van der Waals surface area contributed by atoms with E-state index in [4.69, 9.17) is 10.2 Å². The minimum Gasteiger partial charge on any atom is -0.449 e. The lowest BCUT2D eigenvalue weighted by atomic mass is 9.95. The van der Waals surface area contributed by atoms with Gasteiger partial charge in [0.15, 0.2) is 5.89 Å². The zero-order valence-electron chi connectivity index (χ0n) is 10.9. The lowest BCUT2D eigenvalue weighted by Gasteiger charge is -2.31. The molecule has 1 aliphatic heterocycles. The van der Waals surface area contributed by atoms with E-state index in [-0.39, 0.29) is 6.04 Å². The highest BCUT2D eigenvalue weighted by atomic mass is 16.3. The summed E-state index contributed by atoms with van der Waals surface area (Å²) in [6.07, 6.45) is 5.22. The first kappa shape index (κ1) is 12.6. The van der Waals surface area contributed by atoms with Crippen LogP contribution in [0.15, 0.2) is 10.7 Å². The van der Waals surface area contributed by atoms with Gasteiger partial charge in [-0.3, -0.25) is 0 Å². The minimum atomic E-state index is -0.0361. The third kappa shape index (κ3) is 3.30. The van der Waals surface area contributed by atoms with Crippen LogP contribution in [0.2, 0.25) is 0 Å². The minimum absolute atomic E-state index is 0.0361. The predicted molar refractivity (Wildman–Crippen MR) is 67.6 cm³/mol. The van der Waals surface area contributed by atoms with Gasteiger partial charge in [0.1, 0.15) is 6.26 Å². The highest BCUT2D eigenvalue weighted by Crippen LogP contribution is 2.21. The molecule has 0 radical (unpaired) electrons. The zero-order chi connectivity index (χ0) is 12.3. The molecule has 2 unspecified atom stereocenters. The number of nitrogens with two attached hydrogens (primary N) is 1. The average Bonchev–Trinajstić information content (AvgIpc) is 2.78. The van der Waals surface area contributed by atoms with E-state index in [9.17, 15) is 0 Å². The molecule has 0 saturated carbocycles. The maximum Gasteiger partial charge on any atom is 0.194 e. The van der Waals surface area contributed by atoms with E-state index in [1.165, 1.54) is 25.9 Å². The maximum absolute atomic E-state index is 5.77. The van der Waals surface area contributed by atoms with E-state index in [2.05, 4.69) is 16.8 Å². The summed E-state index contributed by atoms with van der Waals surface area (Å²) in [7, 11) is 0. The fourth-order valence-corrected chi connectivity index (χ4v) is 2.48. The van der Waals surface area contributed by atoms with Crippen LogP contribution in [0.1, 0.15) is 44.3 Å². The second-order valence-electron chi connectivity index (χ2n) is 5.06. The summed E-state index contributed by atoms with van der Waals surface area (Å²) in [5.41, 5.74) is 6.64. The summed E-state index contributed by atoms with van der Waals surface area (Å²) in [6, 6.07) is -0.0361. The van der Waals surface area contributed by atoms with Crippen molar-refractivity contribution in [2.45, 2.75) is 39.2 Å². The first-order valence-corrected chi connectivity index (χ1v) is 6.61. The third-order valence-electron chi connectivity index (χ3n) is 3.55. The summed E-state index contributed by atoms with van der Waals surface area (Å²) in [4.78, 5) is 6.95. The third-order valence-corrected chi connectivity index (χ3v) is 3.55. The quantitative estimate of drug-likeness (QED) is 0.870. The largest absolute Gasteiger partial charge is 0.449 e. The van der Waals surface area contributed by atoms with Crippen LogP contribution in [-0.2, 0) is 6.42 Å². The Labute approximate surface area is 103 Å². The molecule has 0 amide bonds. The van der Waals surface area contributed by atoms with Gasteiger partial charge in [0.2, 0.25) is 0 Å². The van der Waals surface area contributed by atoms with Crippen molar-refractivity contribution >= 4 is 0 Å². The molecule has 4 heteroatoms. The molecule has 0 spiro atoms. The van der Waals surface area contributed by atoms with Crippen molar-refractivity contribution in [1.82, 2.24) is 9.88 Å². The molecular formula is C13H23N3O. The molecule has 0 bridgehead atoms. The summed E-state index contributed by atoms with van der Waals surface area (Å²) in [5, 5.41) is 0. The van der Waals surface area contributed by atoms with Gasteiger partial charge in [0, 0.05) is 19.0 Å². The summed E-state index contributed by atoms with van der Waals surface area (Å²) >= 11 is 0. The average molecular weight is 237 g/mol. The van der Waals surface area contributed by atoms with Crippen molar-refractivity contribution in [2.24, 2.45) is 11.7 Å². The molecular weight excluding hydrogens is 214 g/mol. The van der Waals surface area contributed by atoms with Crippen LogP contribution in [0.25, 0.3) is 0 Å². The molecule has 4 nitrogen and oxygen atoms in total. The van der Waals surface area contributed by atoms with Crippen LogP contribution in [0.5, 0.6) is 0 Å². The van der Waals surface area contributed by atoms with Gasteiger partial charge < -0.3 is 15.1 Å². The Morgan fingerprint density at radius 2 is 2.47 bits per heavy atom. The number of hydrogen-bond donors (Lipinski definition) is 1. The summed E-state index contributed by atoms with van der Waals surface area (Å²) in [6.45, 7) is 7.71. The van der Waals surface area contributed by atoms with Crippen molar-refractivity contribution in [3.05, 3.63) is 17.8 Å². The summed E-state index contributed by atoms with van der Waals surface area (Å²) in [5.74, 6) is 1.53. The van der Waals surface area contributed by atoms with Crippen LogP contribution in [0, 0.1) is 5.92 Å².